The number of urea groups is 1. The summed E-state index contributed by atoms with van der Waals surface area (Å²) in [5.74, 6) is 1.66. The van der Waals surface area contributed by atoms with Crippen molar-refractivity contribution in [3.63, 3.8) is 0 Å². The van der Waals surface area contributed by atoms with E-state index in [1.807, 2.05) is 82.3 Å². The number of carbonyl (C=O) groups excluding carboxylic acids is 2. The first kappa shape index (κ1) is 25.1. The molecule has 6 heteroatoms. The van der Waals surface area contributed by atoms with E-state index in [-0.39, 0.29) is 24.4 Å². The molecule has 0 fully saturated rings. The molecule has 0 aliphatic heterocycles. The van der Waals surface area contributed by atoms with Crippen LogP contribution in [0.5, 0.6) is 0 Å². The Hall–Kier alpha value is -3.54. The molecule has 3 amide bonds. The second-order valence-electron chi connectivity index (χ2n) is 9.08. The highest BCUT2D eigenvalue weighted by molar-refractivity contribution is 5.93. The van der Waals surface area contributed by atoms with Crippen LogP contribution in [0.4, 0.5) is 10.5 Å². The minimum atomic E-state index is -0.270. The summed E-state index contributed by atoms with van der Waals surface area (Å²) < 4.78 is 5.74. The second kappa shape index (κ2) is 12.1. The highest BCUT2D eigenvalue weighted by Crippen LogP contribution is 2.16. The van der Waals surface area contributed by atoms with Crippen LogP contribution < -0.4 is 5.32 Å². The predicted octanol–water partition coefficient (Wildman–Crippen LogP) is 5.66. The number of hydrogen-bond donors (Lipinski definition) is 1. The molecule has 3 aromatic rings. The van der Waals surface area contributed by atoms with Gasteiger partial charge in [-0.05, 0) is 55.5 Å². The third-order valence-corrected chi connectivity index (χ3v) is 5.59. The summed E-state index contributed by atoms with van der Waals surface area (Å²) in [6, 6.07) is 21.3. The average molecular weight is 462 g/mol. The number of benzene rings is 2. The monoisotopic (exact) mass is 461 g/mol. The van der Waals surface area contributed by atoms with E-state index in [0.717, 1.165) is 34.8 Å². The molecule has 0 saturated carbocycles. The summed E-state index contributed by atoms with van der Waals surface area (Å²) >= 11 is 0. The SMILES string of the molecule is Cc1ccc(CN(CCc2ccccc2)C(=O)CN(CC(C)C)C(=O)Nc2ccccc2C)o1. The number of anilines is 1. The molecule has 0 aliphatic carbocycles. The zero-order valence-corrected chi connectivity index (χ0v) is 20.6. The van der Waals surface area contributed by atoms with Gasteiger partial charge in [-0.1, -0.05) is 62.4 Å². The molecule has 1 heterocycles. The normalized spacial score (nSPS) is 10.9. The van der Waals surface area contributed by atoms with Crippen molar-refractivity contribution < 1.29 is 14.0 Å². The third kappa shape index (κ3) is 7.51. The number of aryl methyl sites for hydroxylation is 2. The number of para-hydroxylation sites is 1. The summed E-state index contributed by atoms with van der Waals surface area (Å²) in [6.07, 6.45) is 0.728. The van der Waals surface area contributed by atoms with Crippen molar-refractivity contribution >= 4 is 17.6 Å². The summed E-state index contributed by atoms with van der Waals surface area (Å²) in [5.41, 5.74) is 2.89. The second-order valence-corrected chi connectivity index (χ2v) is 9.08. The van der Waals surface area contributed by atoms with Crippen LogP contribution in [0.2, 0.25) is 0 Å². The Morgan fingerprint density at radius 2 is 1.62 bits per heavy atom. The van der Waals surface area contributed by atoms with E-state index in [1.54, 1.807) is 9.80 Å². The maximum absolute atomic E-state index is 13.5. The number of carbonyl (C=O) groups is 2. The lowest BCUT2D eigenvalue weighted by atomic mass is 10.1. The third-order valence-electron chi connectivity index (χ3n) is 5.59. The van der Waals surface area contributed by atoms with Crippen LogP contribution in [0.15, 0.2) is 71.1 Å². The average Bonchev–Trinajstić information content (AvgIpc) is 3.22. The Bertz CT molecular complexity index is 1080. The topological polar surface area (TPSA) is 65.8 Å². The van der Waals surface area contributed by atoms with Crippen molar-refractivity contribution in [2.75, 3.05) is 25.0 Å². The molecular formula is C28H35N3O3. The van der Waals surface area contributed by atoms with Crippen molar-refractivity contribution in [2.24, 2.45) is 5.92 Å². The van der Waals surface area contributed by atoms with Crippen molar-refractivity contribution in [3.8, 4) is 0 Å². The van der Waals surface area contributed by atoms with Crippen LogP contribution in [0.1, 0.15) is 36.5 Å². The van der Waals surface area contributed by atoms with E-state index in [0.29, 0.717) is 19.6 Å². The van der Waals surface area contributed by atoms with Crippen LogP contribution in [0.25, 0.3) is 0 Å². The van der Waals surface area contributed by atoms with Gasteiger partial charge >= 0.3 is 6.03 Å². The van der Waals surface area contributed by atoms with Gasteiger partial charge in [0.25, 0.3) is 0 Å². The lowest BCUT2D eigenvalue weighted by molar-refractivity contribution is -0.132. The number of nitrogens with one attached hydrogen (secondary N) is 1. The van der Waals surface area contributed by atoms with Crippen LogP contribution in [-0.4, -0.2) is 41.4 Å². The summed E-state index contributed by atoms with van der Waals surface area (Å²) in [7, 11) is 0. The summed E-state index contributed by atoms with van der Waals surface area (Å²) in [5, 5.41) is 2.97. The Balaban J connectivity index is 1.74. The molecule has 34 heavy (non-hydrogen) atoms. The van der Waals surface area contributed by atoms with Crippen LogP contribution >= 0.6 is 0 Å². The fourth-order valence-electron chi connectivity index (χ4n) is 3.79. The maximum atomic E-state index is 13.5. The lowest BCUT2D eigenvalue weighted by Crippen LogP contribution is -2.46. The zero-order valence-electron chi connectivity index (χ0n) is 20.6. The van der Waals surface area contributed by atoms with Crippen molar-refractivity contribution in [2.45, 2.75) is 40.7 Å². The van der Waals surface area contributed by atoms with Gasteiger partial charge in [0.15, 0.2) is 0 Å². The van der Waals surface area contributed by atoms with Gasteiger partial charge in [-0.25, -0.2) is 4.79 Å². The van der Waals surface area contributed by atoms with E-state index < -0.39 is 0 Å². The lowest BCUT2D eigenvalue weighted by Gasteiger charge is -2.28. The first-order valence-electron chi connectivity index (χ1n) is 11.8. The molecule has 180 valence electrons. The fourth-order valence-corrected chi connectivity index (χ4v) is 3.79. The first-order valence-corrected chi connectivity index (χ1v) is 11.8. The molecule has 0 atom stereocenters. The number of rotatable bonds is 10. The highest BCUT2D eigenvalue weighted by Gasteiger charge is 2.23. The van der Waals surface area contributed by atoms with Gasteiger partial charge < -0.3 is 19.5 Å². The van der Waals surface area contributed by atoms with Gasteiger partial charge in [0.2, 0.25) is 5.91 Å². The largest absolute Gasteiger partial charge is 0.464 e. The molecule has 0 radical (unpaired) electrons. The van der Waals surface area contributed by atoms with E-state index >= 15 is 0 Å². The van der Waals surface area contributed by atoms with Crippen LogP contribution in [0, 0.1) is 19.8 Å². The van der Waals surface area contributed by atoms with Gasteiger partial charge in [-0.3, -0.25) is 4.79 Å². The Kier molecular flexibility index (Phi) is 8.91. The number of furan rings is 1. The smallest absolute Gasteiger partial charge is 0.322 e. The highest BCUT2D eigenvalue weighted by atomic mass is 16.3. The summed E-state index contributed by atoms with van der Waals surface area (Å²) in [4.78, 5) is 30.0. The fraction of sp³-hybridized carbons (Fsp3) is 0.357. The van der Waals surface area contributed by atoms with Crippen molar-refractivity contribution in [3.05, 3.63) is 89.4 Å². The van der Waals surface area contributed by atoms with E-state index in [4.69, 9.17) is 4.42 Å². The standard InChI is InChI=1S/C28H35N3O3/c1-21(2)18-31(28(33)29-26-13-9-8-10-22(26)3)20-27(32)30(19-25-15-14-23(4)34-25)17-16-24-11-6-5-7-12-24/h5-15,21H,16-20H2,1-4H3,(H,29,33). The molecule has 0 unspecified atom stereocenters. The molecule has 0 saturated heterocycles. The molecule has 0 aliphatic rings. The number of hydrogen-bond acceptors (Lipinski definition) is 3. The minimum absolute atomic E-state index is 0.00434. The van der Waals surface area contributed by atoms with Crippen LogP contribution in [-0.2, 0) is 17.8 Å². The van der Waals surface area contributed by atoms with Gasteiger partial charge in [0, 0.05) is 18.8 Å². The molecule has 2 aromatic carbocycles. The predicted molar refractivity (Wildman–Crippen MR) is 136 cm³/mol. The molecular weight excluding hydrogens is 426 g/mol. The number of amides is 3. The Labute approximate surface area is 202 Å². The Morgan fingerprint density at radius 3 is 2.26 bits per heavy atom. The first-order chi connectivity index (χ1) is 16.3. The van der Waals surface area contributed by atoms with Gasteiger partial charge in [-0.2, -0.15) is 0 Å². The molecule has 0 spiro atoms. The van der Waals surface area contributed by atoms with E-state index in [2.05, 4.69) is 17.4 Å². The van der Waals surface area contributed by atoms with Gasteiger partial charge in [0.05, 0.1) is 6.54 Å². The molecule has 6 nitrogen and oxygen atoms in total. The number of nitrogens with zero attached hydrogens (tertiary/aromatic N) is 2. The van der Waals surface area contributed by atoms with Gasteiger partial charge in [-0.15, -0.1) is 0 Å². The van der Waals surface area contributed by atoms with Crippen molar-refractivity contribution in [1.82, 2.24) is 9.80 Å². The quantitative estimate of drug-likeness (QED) is 0.424. The summed E-state index contributed by atoms with van der Waals surface area (Å²) in [6.45, 7) is 9.31. The minimum Gasteiger partial charge on any atom is -0.464 e. The maximum Gasteiger partial charge on any atom is 0.322 e. The van der Waals surface area contributed by atoms with Crippen LogP contribution in [0.3, 0.4) is 0 Å². The molecule has 3 rings (SSSR count). The van der Waals surface area contributed by atoms with E-state index in [9.17, 15) is 9.59 Å². The molecule has 1 N–H and O–H groups in total. The molecule has 1 aromatic heterocycles. The van der Waals surface area contributed by atoms with Crippen molar-refractivity contribution in [1.29, 1.82) is 0 Å². The molecule has 0 bridgehead atoms. The Morgan fingerprint density at radius 1 is 0.912 bits per heavy atom. The van der Waals surface area contributed by atoms with E-state index in [1.165, 1.54) is 0 Å². The van der Waals surface area contributed by atoms with Gasteiger partial charge in [0.1, 0.15) is 18.1 Å². The zero-order chi connectivity index (χ0) is 24.5.